The Bertz CT molecular complexity index is 683. The van der Waals surface area contributed by atoms with Gasteiger partial charge in [0, 0.05) is 0 Å². The quantitative estimate of drug-likeness (QED) is 0.755. The van der Waals surface area contributed by atoms with Crippen molar-refractivity contribution in [2.75, 3.05) is 6.54 Å². The Kier molecular flexibility index (Phi) is 5.92. The van der Waals surface area contributed by atoms with Crippen molar-refractivity contribution < 1.29 is 14.3 Å². The summed E-state index contributed by atoms with van der Waals surface area (Å²) < 4.78 is 5.71. The Labute approximate surface area is 142 Å². The number of aromatic nitrogens is 2. The zero-order valence-electron chi connectivity index (χ0n) is 12.9. The minimum atomic E-state index is -0.502. The molecule has 7 heteroatoms. The van der Waals surface area contributed by atoms with Crippen molar-refractivity contribution in [3.63, 3.8) is 0 Å². The first-order valence-corrected chi connectivity index (χ1v) is 7.99. The van der Waals surface area contributed by atoms with Gasteiger partial charge in [0.15, 0.2) is 5.69 Å². The highest BCUT2D eigenvalue weighted by molar-refractivity contribution is 9.10. The molecule has 2 aromatic rings. The molecule has 0 radical (unpaired) electrons. The molecular formula is C16H18BrN3O3. The number of halogens is 1. The molecule has 23 heavy (non-hydrogen) atoms. The lowest BCUT2D eigenvalue weighted by atomic mass is 10.1. The molecule has 0 saturated carbocycles. The van der Waals surface area contributed by atoms with Crippen LogP contribution in [-0.4, -0.2) is 28.6 Å². The van der Waals surface area contributed by atoms with Gasteiger partial charge in [0.1, 0.15) is 13.2 Å². The van der Waals surface area contributed by atoms with Crippen LogP contribution in [0.25, 0.3) is 0 Å². The van der Waals surface area contributed by atoms with E-state index in [0.717, 1.165) is 11.3 Å². The number of carbonyl (C=O) groups is 2. The second-order valence-electron chi connectivity index (χ2n) is 5.28. The van der Waals surface area contributed by atoms with Gasteiger partial charge in [-0.1, -0.05) is 44.2 Å². The first-order valence-electron chi connectivity index (χ1n) is 7.20. The van der Waals surface area contributed by atoms with E-state index in [1.165, 1.54) is 0 Å². The molecule has 2 rings (SSSR count). The molecule has 0 aliphatic heterocycles. The number of rotatable bonds is 6. The van der Waals surface area contributed by atoms with E-state index in [-0.39, 0.29) is 24.8 Å². The van der Waals surface area contributed by atoms with Crippen LogP contribution in [0, 0.1) is 0 Å². The van der Waals surface area contributed by atoms with Gasteiger partial charge < -0.3 is 10.1 Å². The summed E-state index contributed by atoms with van der Waals surface area (Å²) in [4.78, 5) is 23.7. The van der Waals surface area contributed by atoms with E-state index in [2.05, 4.69) is 31.4 Å². The van der Waals surface area contributed by atoms with Crippen LogP contribution >= 0.6 is 15.9 Å². The molecule has 0 bridgehead atoms. The lowest BCUT2D eigenvalue weighted by Gasteiger charge is -2.06. The molecule has 1 amide bonds. The van der Waals surface area contributed by atoms with Crippen LogP contribution < -0.4 is 5.32 Å². The Morgan fingerprint density at radius 1 is 1.30 bits per heavy atom. The van der Waals surface area contributed by atoms with Gasteiger partial charge in [-0.2, -0.15) is 5.10 Å². The lowest BCUT2D eigenvalue weighted by molar-refractivity contribution is -0.143. The second kappa shape index (κ2) is 7.92. The molecular weight excluding hydrogens is 362 g/mol. The van der Waals surface area contributed by atoms with Crippen molar-refractivity contribution in [1.82, 2.24) is 15.5 Å². The molecule has 1 heterocycles. The second-order valence-corrected chi connectivity index (χ2v) is 6.08. The molecule has 0 saturated heterocycles. The number of amides is 1. The van der Waals surface area contributed by atoms with E-state index in [4.69, 9.17) is 4.74 Å². The van der Waals surface area contributed by atoms with Crippen LogP contribution in [0.5, 0.6) is 0 Å². The SMILES string of the molecule is CC(C)c1[nH]nc(C(=O)NCC(=O)OCc2ccccc2)c1Br. The first kappa shape index (κ1) is 17.2. The summed E-state index contributed by atoms with van der Waals surface area (Å²) in [6, 6.07) is 9.34. The Morgan fingerprint density at radius 2 is 2.00 bits per heavy atom. The minimum absolute atomic E-state index is 0.180. The van der Waals surface area contributed by atoms with Gasteiger partial charge in [-0.3, -0.25) is 14.7 Å². The van der Waals surface area contributed by atoms with Crippen LogP contribution in [0.4, 0.5) is 0 Å². The van der Waals surface area contributed by atoms with Crippen LogP contribution in [0.3, 0.4) is 0 Å². The molecule has 0 aliphatic carbocycles. The Hall–Kier alpha value is -2.15. The molecule has 6 nitrogen and oxygen atoms in total. The predicted octanol–water partition coefficient (Wildman–Crippen LogP) is 2.77. The average Bonchev–Trinajstić information content (AvgIpc) is 2.93. The average molecular weight is 380 g/mol. The Balaban J connectivity index is 1.83. The van der Waals surface area contributed by atoms with Crippen LogP contribution in [0.1, 0.15) is 41.5 Å². The van der Waals surface area contributed by atoms with E-state index in [1.54, 1.807) is 0 Å². The highest BCUT2D eigenvalue weighted by atomic mass is 79.9. The maximum atomic E-state index is 12.0. The van der Waals surface area contributed by atoms with Gasteiger partial charge >= 0.3 is 5.97 Å². The number of nitrogens with one attached hydrogen (secondary N) is 2. The third-order valence-corrected chi connectivity index (χ3v) is 3.96. The number of benzene rings is 1. The minimum Gasteiger partial charge on any atom is -0.460 e. The first-order chi connectivity index (χ1) is 11.0. The fourth-order valence-electron chi connectivity index (χ4n) is 1.90. The van der Waals surface area contributed by atoms with E-state index < -0.39 is 11.9 Å². The van der Waals surface area contributed by atoms with E-state index >= 15 is 0 Å². The van der Waals surface area contributed by atoms with Crippen molar-refractivity contribution in [3.8, 4) is 0 Å². The van der Waals surface area contributed by atoms with Gasteiger partial charge in [0.25, 0.3) is 5.91 Å². The smallest absolute Gasteiger partial charge is 0.325 e. The molecule has 0 unspecified atom stereocenters. The number of H-pyrrole nitrogens is 1. The van der Waals surface area contributed by atoms with Crippen molar-refractivity contribution in [3.05, 3.63) is 51.8 Å². The van der Waals surface area contributed by atoms with Crippen molar-refractivity contribution in [1.29, 1.82) is 0 Å². The molecule has 0 fully saturated rings. The number of aromatic amines is 1. The standard InChI is InChI=1S/C16H18BrN3O3/c1-10(2)14-13(17)15(20-19-14)16(22)18-8-12(21)23-9-11-6-4-3-5-7-11/h3-7,10H,8-9H2,1-2H3,(H,18,22)(H,19,20). The number of hydrogen-bond donors (Lipinski definition) is 2. The maximum Gasteiger partial charge on any atom is 0.325 e. The summed E-state index contributed by atoms with van der Waals surface area (Å²) in [5.74, 6) is -0.733. The van der Waals surface area contributed by atoms with Gasteiger partial charge in [0.05, 0.1) is 10.2 Å². The monoisotopic (exact) mass is 379 g/mol. The molecule has 0 atom stereocenters. The summed E-state index contributed by atoms with van der Waals surface area (Å²) >= 11 is 3.35. The molecule has 1 aromatic heterocycles. The highest BCUT2D eigenvalue weighted by Gasteiger charge is 2.19. The van der Waals surface area contributed by atoms with Crippen molar-refractivity contribution in [2.45, 2.75) is 26.4 Å². The summed E-state index contributed by atoms with van der Waals surface area (Å²) in [5, 5.41) is 9.29. The fraction of sp³-hybridized carbons (Fsp3) is 0.312. The number of ether oxygens (including phenoxy) is 1. The van der Waals surface area contributed by atoms with Gasteiger partial charge in [-0.05, 0) is 27.4 Å². The molecule has 122 valence electrons. The number of nitrogens with zero attached hydrogens (tertiary/aromatic N) is 1. The lowest BCUT2D eigenvalue weighted by Crippen LogP contribution is -2.31. The predicted molar refractivity (Wildman–Crippen MR) is 88.9 cm³/mol. The van der Waals surface area contributed by atoms with Gasteiger partial charge in [-0.25, -0.2) is 0 Å². The summed E-state index contributed by atoms with van der Waals surface area (Å²) in [6.45, 7) is 3.95. The Morgan fingerprint density at radius 3 is 2.61 bits per heavy atom. The fourth-order valence-corrected chi connectivity index (χ4v) is 2.72. The van der Waals surface area contributed by atoms with E-state index in [9.17, 15) is 9.59 Å². The van der Waals surface area contributed by atoms with Gasteiger partial charge in [-0.15, -0.1) is 0 Å². The zero-order valence-corrected chi connectivity index (χ0v) is 14.5. The van der Waals surface area contributed by atoms with Crippen molar-refractivity contribution in [2.24, 2.45) is 0 Å². The third-order valence-electron chi connectivity index (χ3n) is 3.16. The zero-order chi connectivity index (χ0) is 16.8. The van der Waals surface area contributed by atoms with Crippen LogP contribution in [-0.2, 0) is 16.1 Å². The molecule has 2 N–H and O–H groups in total. The van der Waals surface area contributed by atoms with E-state index in [0.29, 0.717) is 4.47 Å². The summed E-state index contributed by atoms with van der Waals surface area (Å²) in [6.07, 6.45) is 0. The number of carbonyl (C=O) groups excluding carboxylic acids is 2. The third kappa shape index (κ3) is 4.66. The van der Waals surface area contributed by atoms with Crippen molar-refractivity contribution >= 4 is 27.8 Å². The molecule has 0 aliphatic rings. The summed E-state index contributed by atoms with van der Waals surface area (Å²) in [5.41, 5.74) is 1.95. The summed E-state index contributed by atoms with van der Waals surface area (Å²) in [7, 11) is 0. The van der Waals surface area contributed by atoms with Gasteiger partial charge in [0.2, 0.25) is 0 Å². The number of hydrogen-bond acceptors (Lipinski definition) is 4. The largest absolute Gasteiger partial charge is 0.460 e. The topological polar surface area (TPSA) is 84.1 Å². The highest BCUT2D eigenvalue weighted by Crippen LogP contribution is 2.25. The molecule has 1 aromatic carbocycles. The number of esters is 1. The van der Waals surface area contributed by atoms with E-state index in [1.807, 2.05) is 44.2 Å². The van der Waals surface area contributed by atoms with Crippen LogP contribution in [0.15, 0.2) is 34.8 Å². The normalized spacial score (nSPS) is 10.6. The molecule has 0 spiro atoms. The van der Waals surface area contributed by atoms with Crippen LogP contribution in [0.2, 0.25) is 0 Å². The maximum absolute atomic E-state index is 12.0.